The molecule has 1 unspecified atom stereocenters. The van der Waals surface area contributed by atoms with E-state index in [1.165, 1.54) is 18.1 Å². The molecule has 1 atom stereocenters. The smallest absolute Gasteiger partial charge is 0.181 e. The summed E-state index contributed by atoms with van der Waals surface area (Å²) in [5, 5.41) is 13.4. The Labute approximate surface area is 116 Å². The van der Waals surface area contributed by atoms with Gasteiger partial charge in [-0.25, -0.2) is 15.0 Å². The van der Waals surface area contributed by atoms with Gasteiger partial charge < -0.3 is 4.98 Å². The highest BCUT2D eigenvalue weighted by Crippen LogP contribution is 2.25. The van der Waals surface area contributed by atoms with Crippen LogP contribution in [0.25, 0.3) is 11.2 Å². The zero-order chi connectivity index (χ0) is 13.7. The third-order valence-corrected chi connectivity index (χ3v) is 4.00. The van der Waals surface area contributed by atoms with Gasteiger partial charge in [0.25, 0.3) is 0 Å². The van der Waals surface area contributed by atoms with E-state index < -0.39 is 5.54 Å². The Balaban J connectivity index is 2.09. The summed E-state index contributed by atoms with van der Waals surface area (Å²) in [5.41, 5.74) is 0.916. The summed E-state index contributed by atoms with van der Waals surface area (Å²) in [6.07, 6.45) is 4.09. The molecule has 0 aliphatic carbocycles. The van der Waals surface area contributed by atoms with Crippen LogP contribution in [0, 0.1) is 11.3 Å². The molecule has 0 aromatic carbocycles. The number of nitriles is 1. The molecule has 2 aromatic rings. The summed E-state index contributed by atoms with van der Waals surface area (Å²) in [5.74, 6) is 0.620. The lowest BCUT2D eigenvalue weighted by Crippen LogP contribution is -2.43. The first-order chi connectivity index (χ1) is 9.18. The van der Waals surface area contributed by atoms with Crippen LogP contribution in [0.1, 0.15) is 20.3 Å². The SMILES string of the molecule is CCCNC(C)(C#N)CSc1ncnc2nc[nH]c12. The van der Waals surface area contributed by atoms with Crippen molar-refractivity contribution >= 4 is 22.9 Å². The van der Waals surface area contributed by atoms with Crippen molar-refractivity contribution in [1.29, 1.82) is 5.26 Å². The number of thioether (sulfide) groups is 1. The third kappa shape index (κ3) is 3.22. The van der Waals surface area contributed by atoms with Gasteiger partial charge in [0.15, 0.2) is 5.65 Å². The van der Waals surface area contributed by atoms with Crippen LogP contribution < -0.4 is 5.32 Å². The number of rotatable bonds is 6. The summed E-state index contributed by atoms with van der Waals surface area (Å²) in [7, 11) is 0. The minimum Gasteiger partial charge on any atom is -0.341 e. The van der Waals surface area contributed by atoms with Crippen molar-refractivity contribution in [3.63, 3.8) is 0 Å². The molecular formula is C12H16N6S. The number of imidazole rings is 1. The van der Waals surface area contributed by atoms with Gasteiger partial charge in [-0.3, -0.25) is 5.32 Å². The number of fused-ring (bicyclic) bond motifs is 1. The highest BCUT2D eigenvalue weighted by Gasteiger charge is 2.23. The quantitative estimate of drug-likeness (QED) is 0.617. The van der Waals surface area contributed by atoms with Gasteiger partial charge in [0.05, 0.1) is 12.4 Å². The van der Waals surface area contributed by atoms with E-state index in [-0.39, 0.29) is 0 Å². The first kappa shape index (κ1) is 13.8. The number of nitrogens with one attached hydrogen (secondary N) is 2. The molecule has 0 fully saturated rings. The van der Waals surface area contributed by atoms with E-state index in [2.05, 4.69) is 38.2 Å². The molecule has 100 valence electrons. The van der Waals surface area contributed by atoms with Crippen molar-refractivity contribution in [3.05, 3.63) is 12.7 Å². The molecule has 0 spiro atoms. The van der Waals surface area contributed by atoms with Crippen LogP contribution in [0.4, 0.5) is 0 Å². The van der Waals surface area contributed by atoms with Crippen molar-refractivity contribution in [2.45, 2.75) is 30.8 Å². The predicted octanol–water partition coefficient (Wildman–Crippen LogP) is 1.73. The number of hydrogen-bond donors (Lipinski definition) is 2. The maximum Gasteiger partial charge on any atom is 0.181 e. The lowest BCUT2D eigenvalue weighted by atomic mass is 10.1. The number of hydrogen-bond acceptors (Lipinski definition) is 6. The summed E-state index contributed by atoms with van der Waals surface area (Å²) < 4.78 is 0. The molecule has 0 amide bonds. The molecule has 0 radical (unpaired) electrons. The first-order valence-corrected chi connectivity index (χ1v) is 7.10. The maximum absolute atomic E-state index is 9.28. The van der Waals surface area contributed by atoms with Gasteiger partial charge in [-0.15, -0.1) is 11.8 Å². The minimum atomic E-state index is -0.558. The lowest BCUT2D eigenvalue weighted by molar-refractivity contribution is 0.493. The molecule has 0 bridgehead atoms. The van der Waals surface area contributed by atoms with Gasteiger partial charge in [0.2, 0.25) is 0 Å². The molecule has 2 heterocycles. The maximum atomic E-state index is 9.28. The van der Waals surface area contributed by atoms with E-state index in [9.17, 15) is 5.26 Å². The molecule has 6 nitrogen and oxygen atoms in total. The van der Waals surface area contributed by atoms with Crippen LogP contribution in [-0.4, -0.2) is 37.8 Å². The van der Waals surface area contributed by atoms with Crippen LogP contribution >= 0.6 is 11.8 Å². The van der Waals surface area contributed by atoms with E-state index in [0.29, 0.717) is 11.4 Å². The van der Waals surface area contributed by atoms with Gasteiger partial charge in [-0.1, -0.05) is 6.92 Å². The van der Waals surface area contributed by atoms with Crippen molar-refractivity contribution in [2.24, 2.45) is 0 Å². The Kier molecular flexibility index (Phi) is 4.35. The molecule has 19 heavy (non-hydrogen) atoms. The second-order valence-electron chi connectivity index (χ2n) is 4.44. The molecule has 2 N–H and O–H groups in total. The second kappa shape index (κ2) is 5.99. The fraction of sp³-hybridized carbons (Fsp3) is 0.500. The van der Waals surface area contributed by atoms with Gasteiger partial charge in [0, 0.05) is 5.75 Å². The molecule has 0 saturated heterocycles. The first-order valence-electron chi connectivity index (χ1n) is 6.11. The zero-order valence-corrected chi connectivity index (χ0v) is 11.8. The van der Waals surface area contributed by atoms with Crippen LogP contribution in [0.15, 0.2) is 17.7 Å². The highest BCUT2D eigenvalue weighted by molar-refractivity contribution is 7.99. The Morgan fingerprint density at radius 1 is 1.47 bits per heavy atom. The number of aromatic amines is 1. The summed E-state index contributed by atoms with van der Waals surface area (Å²) in [6, 6.07) is 2.32. The fourth-order valence-electron chi connectivity index (χ4n) is 1.59. The number of aromatic nitrogens is 4. The molecule has 0 aliphatic rings. The fourth-order valence-corrected chi connectivity index (χ4v) is 2.60. The van der Waals surface area contributed by atoms with Crippen LogP contribution in [0.5, 0.6) is 0 Å². The molecule has 0 saturated carbocycles. The predicted molar refractivity (Wildman–Crippen MR) is 74.7 cm³/mol. The normalized spacial score (nSPS) is 14.2. The Morgan fingerprint density at radius 2 is 2.32 bits per heavy atom. The number of H-pyrrole nitrogens is 1. The monoisotopic (exact) mass is 276 g/mol. The van der Waals surface area contributed by atoms with Gasteiger partial charge in [0.1, 0.15) is 22.4 Å². The largest absolute Gasteiger partial charge is 0.341 e. The molecule has 0 aliphatic heterocycles. The van der Waals surface area contributed by atoms with E-state index in [0.717, 1.165) is 23.5 Å². The van der Waals surface area contributed by atoms with Gasteiger partial charge in [-0.05, 0) is 19.9 Å². The minimum absolute atomic E-state index is 0.558. The molecule has 7 heteroatoms. The number of nitrogens with zero attached hydrogens (tertiary/aromatic N) is 4. The van der Waals surface area contributed by atoms with E-state index in [1.54, 1.807) is 6.33 Å². The Bertz CT molecular complexity index is 589. The van der Waals surface area contributed by atoms with Gasteiger partial charge in [-0.2, -0.15) is 5.26 Å². The molecule has 2 aromatic heterocycles. The topological polar surface area (TPSA) is 90.3 Å². The Hall–Kier alpha value is -1.65. The van der Waals surface area contributed by atoms with E-state index in [4.69, 9.17) is 0 Å². The second-order valence-corrected chi connectivity index (χ2v) is 5.40. The van der Waals surface area contributed by atoms with Gasteiger partial charge >= 0.3 is 0 Å². The van der Waals surface area contributed by atoms with E-state index >= 15 is 0 Å². The highest BCUT2D eigenvalue weighted by atomic mass is 32.2. The van der Waals surface area contributed by atoms with Crippen molar-refractivity contribution < 1.29 is 0 Å². The summed E-state index contributed by atoms with van der Waals surface area (Å²) in [4.78, 5) is 15.4. The Morgan fingerprint density at radius 3 is 3.05 bits per heavy atom. The van der Waals surface area contributed by atoms with Crippen molar-refractivity contribution in [2.75, 3.05) is 12.3 Å². The molecule has 2 rings (SSSR count). The zero-order valence-electron chi connectivity index (χ0n) is 11.0. The summed E-state index contributed by atoms with van der Waals surface area (Å²) >= 11 is 1.53. The van der Waals surface area contributed by atoms with Crippen LogP contribution in [-0.2, 0) is 0 Å². The van der Waals surface area contributed by atoms with Crippen molar-refractivity contribution in [1.82, 2.24) is 25.3 Å². The van der Waals surface area contributed by atoms with E-state index in [1.807, 2.05) is 6.92 Å². The lowest BCUT2D eigenvalue weighted by Gasteiger charge is -2.22. The van der Waals surface area contributed by atoms with Crippen molar-refractivity contribution in [3.8, 4) is 6.07 Å². The summed E-state index contributed by atoms with van der Waals surface area (Å²) in [6.45, 7) is 4.81. The standard InChI is InChI=1S/C12H16N6S/c1-3-4-18-12(2,5-13)6-19-11-9-10(15-7-14-9)16-8-17-11/h7-8,18H,3-4,6H2,1-2H3,(H,14,15,16,17). The molecular weight excluding hydrogens is 260 g/mol. The van der Waals surface area contributed by atoms with Crippen LogP contribution in [0.3, 0.4) is 0 Å². The average molecular weight is 276 g/mol. The third-order valence-electron chi connectivity index (χ3n) is 2.70. The van der Waals surface area contributed by atoms with Crippen LogP contribution in [0.2, 0.25) is 0 Å². The average Bonchev–Trinajstić information content (AvgIpc) is 2.92.